The quantitative estimate of drug-likeness (QED) is 0.296. The number of hydrogen-bond acceptors (Lipinski definition) is 8. The van der Waals surface area contributed by atoms with E-state index < -0.39 is 41.4 Å². The standard InChI is InChI=1S/C28H31F3N6O5/c1-5-41-25(39)22-21(35-23(37(22)32)19-7-6-14-36(19)26(40)42-27(2,3)4)16-8-10-17(11-9-16)24(38)34-20-15-18(12-13-33-20)28(29,30)31/h8-13,15,19H,5-7,14,32H2,1-4H3,(H,33,34,38)/t19-/m0/s1. The van der Waals surface area contributed by atoms with Gasteiger partial charge in [-0.05, 0) is 64.8 Å². The second-order valence-electron chi connectivity index (χ2n) is 10.5. The highest BCUT2D eigenvalue weighted by atomic mass is 19.4. The first-order valence-electron chi connectivity index (χ1n) is 13.2. The summed E-state index contributed by atoms with van der Waals surface area (Å²) in [5.74, 6) is 4.95. The van der Waals surface area contributed by atoms with Crippen molar-refractivity contribution in [1.82, 2.24) is 19.5 Å². The molecule has 0 bridgehead atoms. The van der Waals surface area contributed by atoms with Gasteiger partial charge in [-0.3, -0.25) is 9.69 Å². The van der Waals surface area contributed by atoms with Crippen molar-refractivity contribution in [1.29, 1.82) is 0 Å². The van der Waals surface area contributed by atoms with Gasteiger partial charge in [0.1, 0.15) is 17.1 Å². The lowest BCUT2D eigenvalue weighted by Gasteiger charge is -2.28. The average molecular weight is 589 g/mol. The number of imidazole rings is 1. The van der Waals surface area contributed by atoms with E-state index in [9.17, 15) is 27.6 Å². The molecule has 0 radical (unpaired) electrons. The molecule has 0 saturated carbocycles. The van der Waals surface area contributed by atoms with Gasteiger partial charge in [0.15, 0.2) is 11.5 Å². The second-order valence-corrected chi connectivity index (χ2v) is 10.5. The van der Waals surface area contributed by atoms with Crippen molar-refractivity contribution in [2.24, 2.45) is 0 Å². The maximum atomic E-state index is 13.0. The Morgan fingerprint density at radius 3 is 2.43 bits per heavy atom. The Hall–Kier alpha value is -4.62. The van der Waals surface area contributed by atoms with Crippen molar-refractivity contribution in [3.63, 3.8) is 0 Å². The number of halogens is 3. The third-order valence-corrected chi connectivity index (χ3v) is 6.34. The number of nitrogens with two attached hydrogens (primary N) is 1. The Labute approximate surface area is 239 Å². The topological polar surface area (TPSA) is 142 Å². The highest BCUT2D eigenvalue weighted by molar-refractivity contribution is 6.04. The number of ether oxygens (including phenoxy) is 2. The van der Waals surface area contributed by atoms with Crippen molar-refractivity contribution < 1.29 is 37.0 Å². The summed E-state index contributed by atoms with van der Waals surface area (Å²) < 4.78 is 50.9. The minimum absolute atomic E-state index is 0.0479. The molecule has 4 rings (SSSR count). The normalized spacial score (nSPS) is 15.4. The number of pyridine rings is 1. The third kappa shape index (κ3) is 6.64. The molecule has 2 amide bonds. The molecule has 42 heavy (non-hydrogen) atoms. The summed E-state index contributed by atoms with van der Waals surface area (Å²) in [6, 6.07) is 6.85. The molecule has 11 nitrogen and oxygen atoms in total. The van der Waals surface area contributed by atoms with Crippen LogP contribution < -0.4 is 11.2 Å². The van der Waals surface area contributed by atoms with Crippen LogP contribution in [0.3, 0.4) is 0 Å². The number of nitrogen functional groups attached to an aromatic ring is 1. The van der Waals surface area contributed by atoms with Gasteiger partial charge in [0, 0.05) is 23.9 Å². The average Bonchev–Trinajstić information content (AvgIpc) is 3.52. The number of carbonyl (C=O) groups excluding carboxylic acids is 3. The second kappa shape index (κ2) is 11.7. The highest BCUT2D eigenvalue weighted by Gasteiger charge is 2.38. The minimum atomic E-state index is -4.59. The predicted octanol–water partition coefficient (Wildman–Crippen LogP) is 5.18. The van der Waals surface area contributed by atoms with Gasteiger partial charge < -0.3 is 20.6 Å². The first-order chi connectivity index (χ1) is 19.7. The molecule has 224 valence electrons. The van der Waals surface area contributed by atoms with Gasteiger partial charge in [-0.15, -0.1) is 0 Å². The maximum Gasteiger partial charge on any atom is 0.416 e. The van der Waals surface area contributed by atoms with Crippen molar-refractivity contribution in [3.05, 3.63) is 65.2 Å². The van der Waals surface area contributed by atoms with E-state index in [1.807, 2.05) is 0 Å². The number of nitrogens with one attached hydrogen (secondary N) is 1. The molecule has 1 aliphatic rings. The number of aromatic nitrogens is 3. The summed E-state index contributed by atoms with van der Waals surface area (Å²) in [6.45, 7) is 7.42. The molecule has 14 heteroatoms. The minimum Gasteiger partial charge on any atom is -0.461 e. The molecule has 1 saturated heterocycles. The summed E-state index contributed by atoms with van der Waals surface area (Å²) in [7, 11) is 0. The van der Waals surface area contributed by atoms with Gasteiger partial charge in [-0.2, -0.15) is 13.2 Å². The van der Waals surface area contributed by atoms with Crippen LogP contribution in [0, 0.1) is 0 Å². The number of benzene rings is 1. The first-order valence-corrected chi connectivity index (χ1v) is 13.2. The number of hydrogen-bond donors (Lipinski definition) is 2. The largest absolute Gasteiger partial charge is 0.461 e. The van der Waals surface area contributed by atoms with Crippen LogP contribution in [0.25, 0.3) is 11.3 Å². The van der Waals surface area contributed by atoms with E-state index in [-0.39, 0.29) is 35.2 Å². The van der Waals surface area contributed by atoms with Crippen LogP contribution in [0.15, 0.2) is 42.6 Å². The van der Waals surface area contributed by atoms with Gasteiger partial charge in [0.2, 0.25) is 0 Å². The fraction of sp³-hybridized carbons (Fsp3) is 0.393. The van der Waals surface area contributed by atoms with Crippen molar-refractivity contribution in [2.75, 3.05) is 24.3 Å². The lowest BCUT2D eigenvalue weighted by Crippen LogP contribution is -2.37. The van der Waals surface area contributed by atoms with Gasteiger partial charge >= 0.3 is 18.2 Å². The summed E-state index contributed by atoms with van der Waals surface area (Å²) in [6.07, 6.45) is -2.96. The fourth-order valence-electron chi connectivity index (χ4n) is 4.50. The fourth-order valence-corrected chi connectivity index (χ4v) is 4.50. The predicted molar refractivity (Wildman–Crippen MR) is 146 cm³/mol. The number of nitrogens with zero attached hydrogens (tertiary/aromatic N) is 4. The van der Waals surface area contributed by atoms with E-state index in [1.54, 1.807) is 27.7 Å². The first kappa shape index (κ1) is 30.3. The molecule has 0 unspecified atom stereocenters. The molecule has 3 aromatic rings. The van der Waals surface area contributed by atoms with Gasteiger partial charge in [-0.1, -0.05) is 12.1 Å². The van der Waals surface area contributed by atoms with Crippen LogP contribution >= 0.6 is 0 Å². The van der Waals surface area contributed by atoms with E-state index >= 15 is 0 Å². The zero-order valence-corrected chi connectivity index (χ0v) is 23.5. The van der Waals surface area contributed by atoms with Gasteiger partial charge in [-0.25, -0.2) is 24.2 Å². The Morgan fingerprint density at radius 2 is 1.81 bits per heavy atom. The molecular weight excluding hydrogens is 557 g/mol. The number of likely N-dealkylation sites (tertiary alicyclic amines) is 1. The molecule has 0 spiro atoms. The molecule has 0 aliphatic carbocycles. The van der Waals surface area contributed by atoms with E-state index in [2.05, 4.69) is 15.3 Å². The van der Waals surface area contributed by atoms with E-state index in [1.165, 1.54) is 29.2 Å². The summed E-state index contributed by atoms with van der Waals surface area (Å²) in [5, 5.41) is 2.34. The summed E-state index contributed by atoms with van der Waals surface area (Å²) >= 11 is 0. The Balaban J connectivity index is 1.64. The number of rotatable bonds is 6. The molecule has 1 fully saturated rings. The van der Waals surface area contributed by atoms with Gasteiger partial charge in [0.25, 0.3) is 5.91 Å². The SMILES string of the molecule is CCOC(=O)c1c(-c2ccc(C(=O)Nc3cc(C(F)(F)F)ccn3)cc2)nc([C@@H]2CCCN2C(=O)OC(C)(C)C)n1N. The Kier molecular flexibility index (Phi) is 8.45. The highest BCUT2D eigenvalue weighted by Crippen LogP contribution is 2.36. The molecule has 3 heterocycles. The third-order valence-electron chi connectivity index (χ3n) is 6.34. The van der Waals surface area contributed by atoms with Gasteiger partial charge in [0.05, 0.1) is 18.2 Å². The molecular formula is C28H31F3N6O5. The van der Waals surface area contributed by atoms with E-state index in [0.717, 1.165) is 23.0 Å². The zero-order chi connectivity index (χ0) is 30.8. The molecule has 1 atom stereocenters. The van der Waals surface area contributed by atoms with Crippen LogP contribution in [0.5, 0.6) is 0 Å². The van der Waals surface area contributed by atoms with Crippen molar-refractivity contribution >= 4 is 23.8 Å². The lowest BCUT2D eigenvalue weighted by molar-refractivity contribution is -0.137. The number of carbonyl (C=O) groups is 3. The number of alkyl halides is 3. The zero-order valence-electron chi connectivity index (χ0n) is 23.5. The van der Waals surface area contributed by atoms with E-state index in [0.29, 0.717) is 24.9 Å². The maximum absolute atomic E-state index is 13.0. The van der Waals surface area contributed by atoms with Crippen molar-refractivity contribution in [3.8, 4) is 11.3 Å². The Morgan fingerprint density at radius 1 is 1.12 bits per heavy atom. The van der Waals surface area contributed by atoms with Crippen LogP contribution in [-0.2, 0) is 15.7 Å². The molecule has 2 aromatic heterocycles. The molecule has 3 N–H and O–H groups in total. The van der Waals surface area contributed by atoms with E-state index in [4.69, 9.17) is 15.3 Å². The van der Waals surface area contributed by atoms with Crippen molar-refractivity contribution in [2.45, 2.75) is 58.4 Å². The van der Waals surface area contributed by atoms with Crippen LogP contribution in [0.2, 0.25) is 0 Å². The van der Waals surface area contributed by atoms with Crippen LogP contribution in [0.1, 0.15) is 78.8 Å². The molecule has 1 aromatic carbocycles. The number of anilines is 1. The summed E-state index contributed by atoms with van der Waals surface area (Å²) in [4.78, 5) is 48.5. The monoisotopic (exact) mass is 588 g/mol. The summed E-state index contributed by atoms with van der Waals surface area (Å²) in [5.41, 5.74) is -0.999. The smallest absolute Gasteiger partial charge is 0.416 e. The number of esters is 1. The lowest BCUT2D eigenvalue weighted by atomic mass is 10.1. The number of amides is 2. The molecule has 1 aliphatic heterocycles. The van der Waals surface area contributed by atoms with Crippen LogP contribution in [-0.4, -0.2) is 56.3 Å². The van der Waals surface area contributed by atoms with Crippen LogP contribution in [0.4, 0.5) is 23.8 Å². The Bertz CT molecular complexity index is 1480.